The minimum absolute atomic E-state index is 0.00767. The van der Waals surface area contributed by atoms with Crippen LogP contribution < -0.4 is 10.1 Å². The monoisotopic (exact) mass is 410 g/mol. The van der Waals surface area contributed by atoms with Crippen molar-refractivity contribution >= 4 is 17.7 Å². The van der Waals surface area contributed by atoms with Crippen LogP contribution >= 0.6 is 11.8 Å². The van der Waals surface area contributed by atoms with Crippen LogP contribution in [0.1, 0.15) is 31.3 Å². The summed E-state index contributed by atoms with van der Waals surface area (Å²) in [7, 11) is 0. The third-order valence-electron chi connectivity index (χ3n) is 4.39. The molecule has 152 valence electrons. The van der Waals surface area contributed by atoms with Crippen molar-refractivity contribution in [3.8, 4) is 5.75 Å². The second-order valence-corrected chi connectivity index (χ2v) is 7.47. The summed E-state index contributed by atoms with van der Waals surface area (Å²) in [5, 5.41) is 12.2. The predicted octanol–water partition coefficient (Wildman–Crippen LogP) is 3.89. The van der Waals surface area contributed by atoms with Crippen LogP contribution in [0.2, 0.25) is 0 Å². The maximum Gasteiger partial charge on any atom is 0.230 e. The minimum Gasteiger partial charge on any atom is -0.483 e. The van der Waals surface area contributed by atoms with E-state index in [1.807, 2.05) is 66.9 Å². The number of benzene rings is 2. The quantitative estimate of drug-likeness (QED) is 0.514. The zero-order valence-electron chi connectivity index (χ0n) is 16.7. The minimum atomic E-state index is -0.237. The number of rotatable bonds is 10. The molecule has 7 heteroatoms. The molecule has 0 saturated heterocycles. The van der Waals surface area contributed by atoms with E-state index >= 15 is 0 Å². The normalized spacial score (nSPS) is 11.8. The van der Waals surface area contributed by atoms with Crippen LogP contribution in [0.4, 0.5) is 0 Å². The van der Waals surface area contributed by atoms with Crippen molar-refractivity contribution in [3.63, 3.8) is 0 Å². The van der Waals surface area contributed by atoms with E-state index in [-0.39, 0.29) is 12.0 Å². The van der Waals surface area contributed by atoms with Crippen LogP contribution in [0.15, 0.2) is 65.8 Å². The molecule has 0 radical (unpaired) electrons. The first-order chi connectivity index (χ1) is 14.2. The Morgan fingerprint density at radius 2 is 1.79 bits per heavy atom. The molecule has 29 heavy (non-hydrogen) atoms. The largest absolute Gasteiger partial charge is 0.483 e. The van der Waals surface area contributed by atoms with Gasteiger partial charge in [-0.3, -0.25) is 4.79 Å². The Kier molecular flexibility index (Phi) is 7.69. The van der Waals surface area contributed by atoms with E-state index in [0.29, 0.717) is 18.8 Å². The molecule has 1 atom stereocenters. The summed E-state index contributed by atoms with van der Waals surface area (Å²) < 4.78 is 7.96. The van der Waals surface area contributed by atoms with Crippen molar-refractivity contribution in [3.05, 3.63) is 72.1 Å². The molecule has 0 unspecified atom stereocenters. The van der Waals surface area contributed by atoms with Crippen molar-refractivity contribution in [2.24, 2.45) is 0 Å². The zero-order valence-corrected chi connectivity index (χ0v) is 17.6. The highest BCUT2D eigenvalue weighted by atomic mass is 32.2. The average molecular weight is 411 g/mol. The van der Waals surface area contributed by atoms with Crippen LogP contribution in [0.3, 0.4) is 0 Å². The molecule has 2 aromatic carbocycles. The topological polar surface area (TPSA) is 69.0 Å². The molecule has 0 fully saturated rings. The van der Waals surface area contributed by atoms with E-state index in [4.69, 9.17) is 4.74 Å². The van der Waals surface area contributed by atoms with Crippen molar-refractivity contribution in [1.29, 1.82) is 0 Å². The number of nitrogens with one attached hydrogen (secondary N) is 1. The summed E-state index contributed by atoms with van der Waals surface area (Å²) >= 11 is 1.39. The van der Waals surface area contributed by atoms with E-state index < -0.39 is 0 Å². The molecular weight excluding hydrogens is 384 g/mol. The molecule has 0 saturated carbocycles. The molecule has 3 aromatic rings. The number of hydrogen-bond donors (Lipinski definition) is 1. The second kappa shape index (κ2) is 10.7. The molecule has 0 aliphatic rings. The molecule has 0 aliphatic carbocycles. The average Bonchev–Trinajstić information content (AvgIpc) is 3.17. The van der Waals surface area contributed by atoms with Gasteiger partial charge in [-0.25, -0.2) is 0 Å². The van der Waals surface area contributed by atoms with Gasteiger partial charge in [0.05, 0.1) is 5.75 Å². The highest BCUT2D eigenvalue weighted by Crippen LogP contribution is 2.24. The van der Waals surface area contributed by atoms with E-state index in [1.54, 1.807) is 0 Å². The van der Waals surface area contributed by atoms with Gasteiger partial charge in [0.25, 0.3) is 0 Å². The molecule has 1 aromatic heterocycles. The smallest absolute Gasteiger partial charge is 0.230 e. The Hall–Kier alpha value is -2.80. The van der Waals surface area contributed by atoms with Crippen LogP contribution in [-0.4, -0.2) is 33.0 Å². The third kappa shape index (κ3) is 6.09. The summed E-state index contributed by atoms with van der Waals surface area (Å²) in [6.07, 6.45) is 0.583. The maximum atomic E-state index is 12.2. The molecule has 1 heterocycles. The van der Waals surface area contributed by atoms with Gasteiger partial charge in [0, 0.05) is 13.1 Å². The summed E-state index contributed by atoms with van der Waals surface area (Å²) in [6.45, 7) is 5.32. The first-order valence-corrected chi connectivity index (χ1v) is 10.7. The highest BCUT2D eigenvalue weighted by Gasteiger charge is 2.19. The Morgan fingerprint density at radius 1 is 1.10 bits per heavy atom. The summed E-state index contributed by atoms with van der Waals surface area (Å²) in [5.74, 6) is 1.84. The number of carbonyl (C=O) groups excluding carboxylic acids is 1. The van der Waals surface area contributed by atoms with Crippen molar-refractivity contribution < 1.29 is 9.53 Å². The fourth-order valence-corrected chi connectivity index (χ4v) is 3.77. The Bertz CT molecular complexity index is 900. The number of thioether (sulfide) groups is 1. The molecule has 0 bridgehead atoms. The first kappa shape index (κ1) is 20.9. The number of nitrogens with zero attached hydrogens (tertiary/aromatic N) is 3. The van der Waals surface area contributed by atoms with Gasteiger partial charge in [-0.05, 0) is 38.0 Å². The van der Waals surface area contributed by atoms with E-state index in [9.17, 15) is 4.79 Å². The van der Waals surface area contributed by atoms with Crippen molar-refractivity contribution in [2.45, 2.75) is 38.1 Å². The number of para-hydroxylation sites is 1. The van der Waals surface area contributed by atoms with Crippen LogP contribution in [-0.2, 0) is 17.8 Å². The maximum absolute atomic E-state index is 12.2. The van der Waals surface area contributed by atoms with Gasteiger partial charge in [0.1, 0.15) is 5.75 Å². The fraction of sp³-hybridized carbons (Fsp3) is 0.318. The summed E-state index contributed by atoms with van der Waals surface area (Å²) in [5.41, 5.74) is 1.21. The van der Waals surface area contributed by atoms with Gasteiger partial charge < -0.3 is 14.6 Å². The number of carbonyl (C=O) groups is 1. The highest BCUT2D eigenvalue weighted by molar-refractivity contribution is 7.99. The SMILES string of the molecule is CCn1c(SCC(=O)NCCc2ccccc2)nnc1[C@H](C)Oc1ccccc1. The third-order valence-corrected chi connectivity index (χ3v) is 5.36. The lowest BCUT2D eigenvalue weighted by Crippen LogP contribution is -2.27. The van der Waals surface area contributed by atoms with Gasteiger partial charge in [0.2, 0.25) is 5.91 Å². The van der Waals surface area contributed by atoms with Crippen LogP contribution in [0, 0.1) is 0 Å². The van der Waals surface area contributed by atoms with E-state index in [2.05, 4.69) is 27.6 Å². The molecule has 1 amide bonds. The molecular formula is C22H26N4O2S. The van der Waals surface area contributed by atoms with Crippen LogP contribution in [0.5, 0.6) is 5.75 Å². The van der Waals surface area contributed by atoms with Crippen molar-refractivity contribution in [2.75, 3.05) is 12.3 Å². The van der Waals surface area contributed by atoms with Gasteiger partial charge in [0.15, 0.2) is 17.1 Å². The lowest BCUT2D eigenvalue weighted by atomic mass is 10.1. The molecule has 1 N–H and O–H groups in total. The van der Waals surface area contributed by atoms with Crippen molar-refractivity contribution in [1.82, 2.24) is 20.1 Å². The number of ether oxygens (including phenoxy) is 1. The lowest BCUT2D eigenvalue weighted by Gasteiger charge is -2.15. The van der Waals surface area contributed by atoms with E-state index in [1.165, 1.54) is 17.3 Å². The molecule has 0 aliphatic heterocycles. The standard InChI is InChI=1S/C22H26N4O2S/c1-3-26-21(17(2)28-19-12-8-5-9-13-19)24-25-22(26)29-16-20(27)23-15-14-18-10-6-4-7-11-18/h4-13,17H,3,14-16H2,1-2H3,(H,23,27)/t17-/m0/s1. The van der Waals surface area contributed by atoms with E-state index in [0.717, 1.165) is 23.2 Å². The van der Waals surface area contributed by atoms with Gasteiger partial charge >= 0.3 is 0 Å². The molecule has 6 nitrogen and oxygen atoms in total. The Morgan fingerprint density at radius 3 is 2.48 bits per heavy atom. The Balaban J connectivity index is 1.51. The fourth-order valence-electron chi connectivity index (χ4n) is 2.93. The second-order valence-electron chi connectivity index (χ2n) is 6.53. The molecule has 0 spiro atoms. The number of aromatic nitrogens is 3. The van der Waals surface area contributed by atoms with Crippen LogP contribution in [0.25, 0.3) is 0 Å². The predicted molar refractivity (Wildman–Crippen MR) is 115 cm³/mol. The Labute approximate surface area is 175 Å². The first-order valence-electron chi connectivity index (χ1n) is 9.75. The number of amides is 1. The summed E-state index contributed by atoms with van der Waals surface area (Å²) in [4.78, 5) is 12.2. The lowest BCUT2D eigenvalue weighted by molar-refractivity contribution is -0.118. The van der Waals surface area contributed by atoms with Gasteiger partial charge in [-0.2, -0.15) is 0 Å². The number of hydrogen-bond acceptors (Lipinski definition) is 5. The zero-order chi connectivity index (χ0) is 20.5. The molecule has 3 rings (SSSR count). The van der Waals surface area contributed by atoms with Gasteiger partial charge in [-0.15, -0.1) is 10.2 Å². The van der Waals surface area contributed by atoms with Gasteiger partial charge in [-0.1, -0.05) is 60.3 Å². The summed E-state index contributed by atoms with van der Waals surface area (Å²) in [6, 6.07) is 19.8.